The van der Waals surface area contributed by atoms with Gasteiger partial charge in [-0.3, -0.25) is 0 Å². The summed E-state index contributed by atoms with van der Waals surface area (Å²) >= 11 is 1.47. The minimum absolute atomic E-state index is 0.443. The molecule has 2 heterocycles. The molecule has 2 aromatic heterocycles. The van der Waals surface area contributed by atoms with Crippen LogP contribution in [-0.2, 0) is 4.79 Å². The van der Waals surface area contributed by atoms with E-state index in [1.807, 2.05) is 23.6 Å². The van der Waals surface area contributed by atoms with Crippen LogP contribution in [0.1, 0.15) is 13.0 Å². The van der Waals surface area contributed by atoms with Crippen LogP contribution >= 0.6 is 11.3 Å². The molecule has 1 unspecified atom stereocenters. The van der Waals surface area contributed by atoms with Gasteiger partial charge < -0.3 is 9.84 Å². The van der Waals surface area contributed by atoms with Gasteiger partial charge in [-0.15, -0.1) is 16.4 Å². The summed E-state index contributed by atoms with van der Waals surface area (Å²) in [6.07, 6.45) is 0. The molecule has 0 saturated carbocycles. The molecule has 0 amide bonds. The van der Waals surface area contributed by atoms with Crippen LogP contribution in [0.2, 0.25) is 0 Å². The summed E-state index contributed by atoms with van der Waals surface area (Å²) in [6.45, 7) is 1.54. The molecule has 0 radical (unpaired) electrons. The highest BCUT2D eigenvalue weighted by Gasteiger charge is 2.22. The standard InChI is InChI=1S/C13H12N4O3S/c1-7(13(18)19)17-12(14-15-16-17)11-10-5-9(20-2)4-3-8(10)6-21-11/h3-7H,1-2H3,(H,18,19). The van der Waals surface area contributed by atoms with Gasteiger partial charge in [-0.25, -0.2) is 9.48 Å². The number of carbonyl (C=O) groups is 1. The highest BCUT2D eigenvalue weighted by Crippen LogP contribution is 2.36. The Balaban J connectivity index is 2.17. The van der Waals surface area contributed by atoms with Gasteiger partial charge in [0.2, 0.25) is 0 Å². The summed E-state index contributed by atoms with van der Waals surface area (Å²) in [7, 11) is 1.60. The molecule has 7 nitrogen and oxygen atoms in total. The summed E-state index contributed by atoms with van der Waals surface area (Å²) in [5.41, 5.74) is 0. The maximum absolute atomic E-state index is 11.2. The van der Waals surface area contributed by atoms with Crippen LogP contribution in [0.25, 0.3) is 21.5 Å². The zero-order chi connectivity index (χ0) is 15.0. The van der Waals surface area contributed by atoms with E-state index in [-0.39, 0.29) is 0 Å². The molecule has 3 rings (SSSR count). The number of nitrogens with zero attached hydrogens (tertiary/aromatic N) is 4. The van der Waals surface area contributed by atoms with Gasteiger partial charge in [0, 0.05) is 5.39 Å². The molecule has 3 aromatic rings. The number of methoxy groups -OCH3 is 1. The Bertz CT molecular complexity index is 811. The smallest absolute Gasteiger partial charge is 0.328 e. The minimum atomic E-state index is -0.984. The first-order valence-corrected chi connectivity index (χ1v) is 7.06. The second-order valence-corrected chi connectivity index (χ2v) is 5.36. The van der Waals surface area contributed by atoms with Crippen LogP contribution in [0.15, 0.2) is 23.6 Å². The number of hydrogen-bond donors (Lipinski definition) is 1. The Kier molecular flexibility index (Phi) is 3.30. The second kappa shape index (κ2) is 5.13. The lowest BCUT2D eigenvalue weighted by atomic mass is 10.1. The van der Waals surface area contributed by atoms with Crippen LogP contribution in [-0.4, -0.2) is 38.4 Å². The first-order valence-electron chi connectivity index (χ1n) is 6.18. The number of carboxylic acid groups (broad SMARTS) is 1. The number of fused-ring (bicyclic) bond motifs is 1. The Morgan fingerprint density at radius 3 is 3.00 bits per heavy atom. The summed E-state index contributed by atoms with van der Waals surface area (Å²) in [5.74, 6) is 0.188. The molecule has 1 aromatic carbocycles. The summed E-state index contributed by atoms with van der Waals surface area (Å²) in [6, 6.07) is 4.88. The fraction of sp³-hybridized carbons (Fsp3) is 0.231. The molecule has 21 heavy (non-hydrogen) atoms. The zero-order valence-corrected chi connectivity index (χ0v) is 12.2. The van der Waals surface area contributed by atoms with E-state index in [2.05, 4.69) is 15.5 Å². The van der Waals surface area contributed by atoms with Crippen molar-refractivity contribution in [1.82, 2.24) is 20.2 Å². The van der Waals surface area contributed by atoms with Crippen molar-refractivity contribution in [2.45, 2.75) is 13.0 Å². The van der Waals surface area contributed by atoms with E-state index in [0.717, 1.165) is 21.4 Å². The zero-order valence-electron chi connectivity index (χ0n) is 11.3. The molecular weight excluding hydrogens is 292 g/mol. The number of hydrogen-bond acceptors (Lipinski definition) is 6. The quantitative estimate of drug-likeness (QED) is 0.794. The lowest BCUT2D eigenvalue weighted by molar-refractivity contribution is -0.140. The highest BCUT2D eigenvalue weighted by molar-refractivity contribution is 7.15. The van der Waals surface area contributed by atoms with Gasteiger partial charge in [-0.05, 0) is 46.3 Å². The molecular formula is C13H12N4O3S. The largest absolute Gasteiger partial charge is 0.497 e. The van der Waals surface area contributed by atoms with Crippen LogP contribution < -0.4 is 4.74 Å². The van der Waals surface area contributed by atoms with Crippen molar-refractivity contribution in [2.75, 3.05) is 7.11 Å². The number of ether oxygens (including phenoxy) is 1. The molecule has 0 bridgehead atoms. The van der Waals surface area contributed by atoms with Crippen LogP contribution in [0.4, 0.5) is 0 Å². The van der Waals surface area contributed by atoms with Crippen molar-refractivity contribution < 1.29 is 14.6 Å². The monoisotopic (exact) mass is 304 g/mol. The summed E-state index contributed by atoms with van der Waals surface area (Å²) in [4.78, 5) is 12.0. The van der Waals surface area contributed by atoms with Crippen molar-refractivity contribution in [2.24, 2.45) is 0 Å². The van der Waals surface area contributed by atoms with Gasteiger partial charge in [0.05, 0.1) is 12.0 Å². The molecule has 0 aliphatic rings. The maximum Gasteiger partial charge on any atom is 0.328 e. The molecule has 1 N–H and O–H groups in total. The van der Waals surface area contributed by atoms with E-state index < -0.39 is 12.0 Å². The minimum Gasteiger partial charge on any atom is -0.497 e. The van der Waals surface area contributed by atoms with Crippen molar-refractivity contribution in [3.8, 4) is 16.5 Å². The molecule has 0 spiro atoms. The Labute approximate surface area is 123 Å². The highest BCUT2D eigenvalue weighted by atomic mass is 32.1. The number of benzene rings is 1. The normalized spacial score (nSPS) is 12.5. The van der Waals surface area contributed by atoms with Gasteiger partial charge in [-0.2, -0.15) is 0 Å². The van der Waals surface area contributed by atoms with E-state index >= 15 is 0 Å². The van der Waals surface area contributed by atoms with E-state index in [1.165, 1.54) is 16.0 Å². The summed E-state index contributed by atoms with van der Waals surface area (Å²) < 4.78 is 6.54. The number of carboxylic acids is 1. The Hall–Kier alpha value is -2.48. The molecule has 0 aliphatic heterocycles. The van der Waals surface area contributed by atoms with Crippen molar-refractivity contribution >= 4 is 28.1 Å². The van der Waals surface area contributed by atoms with E-state index in [4.69, 9.17) is 9.84 Å². The maximum atomic E-state index is 11.2. The molecule has 1 atom stereocenters. The van der Waals surface area contributed by atoms with Gasteiger partial charge in [-0.1, -0.05) is 0 Å². The molecule has 0 saturated heterocycles. The lowest BCUT2D eigenvalue weighted by Gasteiger charge is -2.08. The van der Waals surface area contributed by atoms with Crippen LogP contribution in [0.3, 0.4) is 0 Å². The number of rotatable bonds is 4. The van der Waals surface area contributed by atoms with Gasteiger partial charge in [0.1, 0.15) is 5.75 Å². The number of aliphatic carboxylic acids is 1. The topological polar surface area (TPSA) is 90.1 Å². The molecule has 8 heteroatoms. The Morgan fingerprint density at radius 2 is 2.29 bits per heavy atom. The molecule has 108 valence electrons. The van der Waals surface area contributed by atoms with Crippen molar-refractivity contribution in [3.63, 3.8) is 0 Å². The van der Waals surface area contributed by atoms with Crippen molar-refractivity contribution in [1.29, 1.82) is 0 Å². The second-order valence-electron chi connectivity index (χ2n) is 4.48. The third-order valence-corrected chi connectivity index (χ3v) is 4.24. The summed E-state index contributed by atoms with van der Waals surface area (Å²) in [5, 5.41) is 24.5. The van der Waals surface area contributed by atoms with Gasteiger partial charge >= 0.3 is 5.97 Å². The fourth-order valence-corrected chi connectivity index (χ4v) is 3.02. The fourth-order valence-electron chi connectivity index (χ4n) is 2.03. The molecule has 0 fully saturated rings. The first-order chi connectivity index (χ1) is 10.1. The van der Waals surface area contributed by atoms with E-state index in [0.29, 0.717) is 5.82 Å². The lowest BCUT2D eigenvalue weighted by Crippen LogP contribution is -2.17. The van der Waals surface area contributed by atoms with Crippen molar-refractivity contribution in [3.05, 3.63) is 23.6 Å². The Morgan fingerprint density at radius 1 is 1.48 bits per heavy atom. The average Bonchev–Trinajstić information content (AvgIpc) is 3.11. The third-order valence-electron chi connectivity index (χ3n) is 3.23. The van der Waals surface area contributed by atoms with E-state index in [9.17, 15) is 4.79 Å². The predicted molar refractivity (Wildman–Crippen MR) is 77.5 cm³/mol. The predicted octanol–water partition coefficient (Wildman–Crippen LogP) is 2.21. The van der Waals surface area contributed by atoms with E-state index in [1.54, 1.807) is 14.0 Å². The SMILES string of the molecule is COc1ccc2csc(-c3nnnn3C(C)C(=O)O)c2c1. The first kappa shape index (κ1) is 13.5. The van der Waals surface area contributed by atoms with Gasteiger partial charge in [0.15, 0.2) is 11.9 Å². The average molecular weight is 304 g/mol. The number of tetrazole rings is 1. The van der Waals surface area contributed by atoms with Crippen LogP contribution in [0, 0.1) is 0 Å². The molecule has 0 aliphatic carbocycles. The third kappa shape index (κ3) is 2.23. The van der Waals surface area contributed by atoms with Gasteiger partial charge in [0.25, 0.3) is 0 Å². The van der Waals surface area contributed by atoms with Crippen LogP contribution in [0.5, 0.6) is 5.75 Å². The number of thiophene rings is 1. The number of aromatic nitrogens is 4.